The molecule has 0 aliphatic heterocycles. The van der Waals surface area contributed by atoms with Crippen molar-refractivity contribution < 1.29 is 28.2 Å². The molecule has 0 aliphatic carbocycles. The van der Waals surface area contributed by atoms with Crippen LogP contribution in [0.3, 0.4) is 0 Å². The summed E-state index contributed by atoms with van der Waals surface area (Å²) >= 11 is 0.678. The maximum absolute atomic E-state index is 13.9. The number of halogens is 2. The van der Waals surface area contributed by atoms with E-state index in [1.807, 2.05) is 0 Å². The topological polar surface area (TPSA) is 117 Å². The van der Waals surface area contributed by atoms with Gasteiger partial charge in [-0.1, -0.05) is 17.8 Å². The molecule has 0 saturated carbocycles. The number of carboxylic acid groups (broad SMARTS) is 1. The molecule has 2 aromatic heterocycles. The Morgan fingerprint density at radius 1 is 1.17 bits per heavy atom. The zero-order valence-corrected chi connectivity index (χ0v) is 16.5. The number of rotatable bonds is 9. The summed E-state index contributed by atoms with van der Waals surface area (Å²) in [5.41, 5.74) is -0.222. The van der Waals surface area contributed by atoms with Gasteiger partial charge in [-0.05, 0) is 37.1 Å². The van der Waals surface area contributed by atoms with E-state index >= 15 is 0 Å². The summed E-state index contributed by atoms with van der Waals surface area (Å²) in [6.45, 7) is 0.193. The molecule has 2 heterocycles. The second-order valence-electron chi connectivity index (χ2n) is 6.54. The Labute approximate surface area is 173 Å². The fraction of sp³-hybridized carbons (Fsp3) is 0.250. The average molecular weight is 436 g/mol. The molecule has 0 atom stereocenters. The van der Waals surface area contributed by atoms with Gasteiger partial charge in [0.2, 0.25) is 5.88 Å². The Morgan fingerprint density at radius 2 is 1.93 bits per heavy atom. The molecule has 3 N–H and O–H groups in total. The van der Waals surface area contributed by atoms with Crippen molar-refractivity contribution >= 4 is 23.0 Å². The fourth-order valence-electron chi connectivity index (χ4n) is 2.90. The van der Waals surface area contributed by atoms with E-state index in [0.29, 0.717) is 30.6 Å². The second kappa shape index (κ2) is 9.04. The van der Waals surface area contributed by atoms with Crippen LogP contribution >= 0.6 is 11.3 Å². The summed E-state index contributed by atoms with van der Waals surface area (Å²) in [5, 5.41) is 27.3. The van der Waals surface area contributed by atoms with E-state index in [1.165, 1.54) is 18.2 Å². The van der Waals surface area contributed by atoms with Crippen LogP contribution < -0.4 is 4.87 Å². The van der Waals surface area contributed by atoms with Gasteiger partial charge < -0.3 is 14.6 Å². The summed E-state index contributed by atoms with van der Waals surface area (Å²) in [6, 6.07) is 5.84. The summed E-state index contributed by atoms with van der Waals surface area (Å²) in [4.78, 5) is 22.3. The van der Waals surface area contributed by atoms with Gasteiger partial charge in [-0.15, -0.1) is 0 Å². The summed E-state index contributed by atoms with van der Waals surface area (Å²) < 4.78 is 33.6. The van der Waals surface area contributed by atoms with E-state index in [2.05, 4.69) is 0 Å². The number of carbonyl (C=O) groups is 1. The van der Waals surface area contributed by atoms with Crippen molar-refractivity contribution in [3.8, 4) is 17.2 Å². The number of furan rings is 1. The quantitative estimate of drug-likeness (QED) is 0.343. The Kier molecular flexibility index (Phi) is 6.46. The van der Waals surface area contributed by atoms with Gasteiger partial charge in [-0.25, -0.2) is 8.78 Å². The van der Waals surface area contributed by atoms with Gasteiger partial charge in [-0.2, -0.15) is 0 Å². The predicted octanol–water partition coefficient (Wildman–Crippen LogP) is 4.21. The van der Waals surface area contributed by atoms with Crippen LogP contribution in [0.1, 0.15) is 36.3 Å². The highest BCUT2D eigenvalue weighted by atomic mass is 32.1. The highest BCUT2D eigenvalue weighted by Gasteiger charge is 2.22. The fourth-order valence-corrected chi connectivity index (χ4v) is 3.76. The van der Waals surface area contributed by atoms with Crippen LogP contribution in [0.2, 0.25) is 0 Å². The summed E-state index contributed by atoms with van der Waals surface area (Å²) in [6.07, 6.45) is 1.58. The molecule has 0 radical (unpaired) electrons. The Morgan fingerprint density at radius 3 is 2.63 bits per heavy atom. The van der Waals surface area contributed by atoms with Crippen LogP contribution in [0.25, 0.3) is 11.3 Å². The highest BCUT2D eigenvalue weighted by Crippen LogP contribution is 2.29. The van der Waals surface area contributed by atoms with E-state index in [-0.39, 0.29) is 46.5 Å². The highest BCUT2D eigenvalue weighted by molar-refractivity contribution is 7.12. The number of aromatic nitrogens is 1. The number of unbranched alkanes of at least 4 members (excludes halogenated alkanes) is 2. The Hall–Kier alpha value is -3.27. The molecule has 30 heavy (non-hydrogen) atoms. The van der Waals surface area contributed by atoms with Gasteiger partial charge in [-0.3, -0.25) is 19.6 Å². The van der Waals surface area contributed by atoms with Crippen LogP contribution in [0.5, 0.6) is 5.88 Å². The molecule has 10 heteroatoms. The van der Waals surface area contributed by atoms with Crippen molar-refractivity contribution in [1.29, 1.82) is 5.41 Å². The van der Waals surface area contributed by atoms with Gasteiger partial charge in [0, 0.05) is 19.0 Å². The van der Waals surface area contributed by atoms with Crippen LogP contribution in [0.4, 0.5) is 8.78 Å². The molecule has 1 aromatic carbocycles. The third kappa shape index (κ3) is 4.65. The molecule has 0 bridgehead atoms. The lowest BCUT2D eigenvalue weighted by molar-refractivity contribution is -0.137. The van der Waals surface area contributed by atoms with Crippen LogP contribution in [-0.2, 0) is 11.3 Å². The molecule has 3 rings (SSSR count). The maximum atomic E-state index is 13.9. The maximum Gasteiger partial charge on any atom is 0.310 e. The van der Waals surface area contributed by atoms with E-state index in [4.69, 9.17) is 14.9 Å². The number of aliphatic carboxylic acids is 1. The smallest absolute Gasteiger partial charge is 0.310 e. The first-order chi connectivity index (χ1) is 14.3. The van der Waals surface area contributed by atoms with Crippen LogP contribution in [0, 0.1) is 17.0 Å². The molecule has 0 unspecified atom stereocenters. The molecule has 0 amide bonds. The summed E-state index contributed by atoms with van der Waals surface area (Å²) in [5.74, 6) is -2.71. The minimum absolute atomic E-state index is 0.00557. The van der Waals surface area contributed by atoms with E-state index in [9.17, 15) is 23.5 Å². The number of aromatic hydroxyl groups is 1. The average Bonchev–Trinajstić information content (AvgIpc) is 3.27. The minimum Gasteiger partial charge on any atom is -0.493 e. The SMILES string of the molecule is N=C(c1ccc(-c2ccc(F)cc2F)o1)c1sc(=O)n(CCCCCC(=O)O)c1O. The van der Waals surface area contributed by atoms with E-state index in [1.54, 1.807) is 0 Å². The molecule has 3 aromatic rings. The Balaban J connectivity index is 1.75. The van der Waals surface area contributed by atoms with Crippen LogP contribution in [0.15, 0.2) is 39.5 Å². The van der Waals surface area contributed by atoms with Crippen molar-refractivity contribution in [2.45, 2.75) is 32.2 Å². The first-order valence-corrected chi connectivity index (χ1v) is 9.88. The minimum atomic E-state index is -0.889. The number of nitrogens with one attached hydrogen (secondary N) is 1. The third-order valence-corrected chi connectivity index (χ3v) is 5.40. The number of hydrogen-bond donors (Lipinski definition) is 3. The molecule has 0 saturated heterocycles. The molecule has 0 spiro atoms. The van der Waals surface area contributed by atoms with Gasteiger partial charge >= 0.3 is 10.8 Å². The Bertz CT molecular complexity index is 1150. The molecular weight excluding hydrogens is 418 g/mol. The van der Waals surface area contributed by atoms with Crippen molar-refractivity contribution in [1.82, 2.24) is 4.57 Å². The molecule has 7 nitrogen and oxygen atoms in total. The van der Waals surface area contributed by atoms with Gasteiger partial charge in [0.1, 0.15) is 28.0 Å². The second-order valence-corrected chi connectivity index (χ2v) is 7.50. The molecule has 0 fully saturated rings. The number of carboxylic acids is 1. The van der Waals surface area contributed by atoms with E-state index in [0.717, 1.165) is 16.7 Å². The van der Waals surface area contributed by atoms with Crippen molar-refractivity contribution in [2.75, 3.05) is 0 Å². The molecule has 0 aliphatic rings. The molecule has 158 valence electrons. The lowest BCUT2D eigenvalue weighted by Gasteiger charge is -2.04. The van der Waals surface area contributed by atoms with Crippen LogP contribution in [-0.4, -0.2) is 26.5 Å². The lowest BCUT2D eigenvalue weighted by atomic mass is 10.1. The lowest BCUT2D eigenvalue weighted by Crippen LogP contribution is -2.12. The largest absolute Gasteiger partial charge is 0.493 e. The zero-order chi connectivity index (χ0) is 21.8. The van der Waals surface area contributed by atoms with Crippen molar-refractivity contribution in [3.05, 3.63) is 62.3 Å². The first kappa shape index (κ1) is 21.4. The number of nitrogens with zero attached hydrogens (tertiary/aromatic N) is 1. The van der Waals surface area contributed by atoms with Gasteiger partial charge in [0.05, 0.1) is 5.56 Å². The summed E-state index contributed by atoms with van der Waals surface area (Å²) in [7, 11) is 0. The first-order valence-electron chi connectivity index (χ1n) is 9.07. The molecular formula is C20H18F2N2O5S. The van der Waals surface area contributed by atoms with Crippen molar-refractivity contribution in [2.24, 2.45) is 0 Å². The van der Waals surface area contributed by atoms with E-state index < -0.39 is 22.5 Å². The monoisotopic (exact) mass is 436 g/mol. The zero-order valence-electron chi connectivity index (χ0n) is 15.7. The third-order valence-electron chi connectivity index (χ3n) is 4.42. The standard InChI is InChI=1S/C20H18F2N2O5S/c21-11-5-6-12(13(22)10-11)14-7-8-15(29-14)17(23)18-19(27)24(20(28)30-18)9-3-1-2-4-16(25)26/h5-8,10,23,27H,1-4,9H2,(H,25,26). The number of benzene rings is 1. The van der Waals surface area contributed by atoms with Gasteiger partial charge in [0.25, 0.3) is 0 Å². The number of thiazole rings is 1. The predicted molar refractivity (Wildman–Crippen MR) is 106 cm³/mol. The number of hydrogen-bond acceptors (Lipinski definition) is 6. The van der Waals surface area contributed by atoms with Crippen molar-refractivity contribution in [3.63, 3.8) is 0 Å². The van der Waals surface area contributed by atoms with Gasteiger partial charge in [0.15, 0.2) is 5.76 Å². The normalized spacial score (nSPS) is 11.0.